The molecule has 7 heteroatoms. The van der Waals surface area contributed by atoms with Crippen LogP contribution in [0.1, 0.15) is 40.0 Å². The zero-order valence-corrected chi connectivity index (χ0v) is 14.3. The molecule has 21 heavy (non-hydrogen) atoms. The molecule has 1 unspecified atom stereocenters. The maximum absolute atomic E-state index is 11.7. The standard InChI is InChI=1S/C14H28N2O4S/c1-14(2,3)15(9-7-13(17)18)10-12-6-5-8-16(11-12)21(4,19)20/h12H,5-11H2,1-4H3,(H,17,18). The molecule has 0 aromatic rings. The first-order valence-corrected chi connectivity index (χ1v) is 9.27. The normalized spacial score (nSPS) is 21.7. The highest BCUT2D eigenvalue weighted by atomic mass is 32.2. The Labute approximate surface area is 128 Å². The molecule has 124 valence electrons. The molecule has 1 fully saturated rings. The lowest BCUT2D eigenvalue weighted by atomic mass is 9.96. The molecule has 1 saturated heterocycles. The smallest absolute Gasteiger partial charge is 0.304 e. The molecule has 0 amide bonds. The van der Waals surface area contributed by atoms with Gasteiger partial charge in [0.25, 0.3) is 0 Å². The molecule has 1 atom stereocenters. The number of rotatable bonds is 6. The first-order chi connectivity index (χ1) is 9.50. The van der Waals surface area contributed by atoms with E-state index in [9.17, 15) is 13.2 Å². The highest BCUT2D eigenvalue weighted by molar-refractivity contribution is 7.88. The molecule has 6 nitrogen and oxygen atoms in total. The summed E-state index contributed by atoms with van der Waals surface area (Å²) in [6, 6.07) is 0. The summed E-state index contributed by atoms with van der Waals surface area (Å²) in [5.41, 5.74) is -0.122. The topological polar surface area (TPSA) is 77.9 Å². The van der Waals surface area contributed by atoms with E-state index in [1.54, 1.807) is 4.31 Å². The molecule has 0 bridgehead atoms. The Morgan fingerprint density at radius 1 is 1.38 bits per heavy atom. The number of hydrogen-bond donors (Lipinski definition) is 1. The lowest BCUT2D eigenvalue weighted by Crippen LogP contribution is -2.49. The van der Waals surface area contributed by atoms with E-state index < -0.39 is 16.0 Å². The molecule has 1 aliphatic rings. The average molecular weight is 320 g/mol. The fourth-order valence-corrected chi connectivity index (χ4v) is 3.66. The zero-order chi connectivity index (χ0) is 16.3. The van der Waals surface area contributed by atoms with Gasteiger partial charge in [-0.15, -0.1) is 0 Å². The second kappa shape index (κ2) is 7.07. The Morgan fingerprint density at radius 2 is 2.00 bits per heavy atom. The summed E-state index contributed by atoms with van der Waals surface area (Å²) in [7, 11) is -3.14. The highest BCUT2D eigenvalue weighted by Crippen LogP contribution is 2.23. The van der Waals surface area contributed by atoms with Gasteiger partial charge < -0.3 is 5.11 Å². The second-order valence-corrected chi connectivity index (χ2v) is 8.87. The van der Waals surface area contributed by atoms with Crippen molar-refractivity contribution in [2.45, 2.75) is 45.6 Å². The third-order valence-electron chi connectivity index (χ3n) is 3.97. The van der Waals surface area contributed by atoms with E-state index in [0.717, 1.165) is 19.4 Å². The van der Waals surface area contributed by atoms with Gasteiger partial charge in [-0.05, 0) is 39.5 Å². The van der Waals surface area contributed by atoms with Crippen LogP contribution in [0.15, 0.2) is 0 Å². The molecule has 0 aliphatic carbocycles. The Bertz CT molecular complexity index is 456. The van der Waals surface area contributed by atoms with Crippen molar-refractivity contribution in [1.82, 2.24) is 9.21 Å². The summed E-state index contributed by atoms with van der Waals surface area (Å²) in [6.45, 7) is 8.56. The van der Waals surface area contributed by atoms with Gasteiger partial charge in [0.2, 0.25) is 10.0 Å². The SMILES string of the molecule is CC(C)(C)N(CCC(=O)O)CC1CCCN(S(C)(=O)=O)C1. The number of nitrogens with zero attached hydrogens (tertiary/aromatic N) is 2. The fraction of sp³-hybridized carbons (Fsp3) is 0.929. The van der Waals surface area contributed by atoms with E-state index in [1.807, 2.05) is 0 Å². The van der Waals surface area contributed by atoms with Crippen molar-refractivity contribution >= 4 is 16.0 Å². The fourth-order valence-electron chi connectivity index (χ4n) is 2.72. The highest BCUT2D eigenvalue weighted by Gasteiger charge is 2.30. The van der Waals surface area contributed by atoms with Crippen LogP contribution in [0.4, 0.5) is 0 Å². The first-order valence-electron chi connectivity index (χ1n) is 7.42. The van der Waals surface area contributed by atoms with Crippen molar-refractivity contribution in [3.63, 3.8) is 0 Å². The van der Waals surface area contributed by atoms with Crippen LogP contribution >= 0.6 is 0 Å². The first kappa shape index (κ1) is 18.4. The van der Waals surface area contributed by atoms with Crippen molar-refractivity contribution < 1.29 is 18.3 Å². The molecule has 0 aromatic heterocycles. The molecule has 1 rings (SSSR count). The van der Waals surface area contributed by atoms with Crippen molar-refractivity contribution in [2.75, 3.05) is 32.4 Å². The van der Waals surface area contributed by atoms with E-state index in [1.165, 1.54) is 6.26 Å². The maximum Gasteiger partial charge on any atom is 0.304 e. The predicted molar refractivity (Wildman–Crippen MR) is 82.7 cm³/mol. The van der Waals surface area contributed by atoms with Crippen LogP contribution in [0.2, 0.25) is 0 Å². The minimum absolute atomic E-state index is 0.111. The summed E-state index contributed by atoms with van der Waals surface area (Å²) < 4.78 is 24.9. The number of aliphatic carboxylic acids is 1. The van der Waals surface area contributed by atoms with Crippen molar-refractivity contribution in [2.24, 2.45) is 5.92 Å². The average Bonchev–Trinajstić information content (AvgIpc) is 2.32. The number of hydrogen-bond acceptors (Lipinski definition) is 4. The molecular weight excluding hydrogens is 292 g/mol. The lowest BCUT2D eigenvalue weighted by Gasteiger charge is -2.40. The minimum atomic E-state index is -3.14. The van der Waals surface area contributed by atoms with E-state index in [0.29, 0.717) is 19.6 Å². The Hall–Kier alpha value is -0.660. The van der Waals surface area contributed by atoms with Gasteiger partial charge in [-0.2, -0.15) is 0 Å². The van der Waals surface area contributed by atoms with Crippen molar-refractivity contribution in [3.8, 4) is 0 Å². The predicted octanol–water partition coefficient (Wildman–Crippen LogP) is 1.23. The van der Waals surface area contributed by atoms with Crippen LogP contribution in [0, 0.1) is 5.92 Å². The van der Waals surface area contributed by atoms with Gasteiger partial charge in [-0.25, -0.2) is 12.7 Å². The van der Waals surface area contributed by atoms with Crippen LogP contribution in [0.3, 0.4) is 0 Å². The van der Waals surface area contributed by atoms with Crippen LogP contribution in [0.5, 0.6) is 0 Å². The lowest BCUT2D eigenvalue weighted by molar-refractivity contribution is -0.137. The van der Waals surface area contributed by atoms with E-state index in [4.69, 9.17) is 5.11 Å². The van der Waals surface area contributed by atoms with Crippen LogP contribution in [-0.4, -0.2) is 66.7 Å². The van der Waals surface area contributed by atoms with E-state index in [2.05, 4.69) is 25.7 Å². The van der Waals surface area contributed by atoms with Crippen molar-refractivity contribution in [3.05, 3.63) is 0 Å². The van der Waals surface area contributed by atoms with Gasteiger partial charge in [-0.1, -0.05) is 0 Å². The quantitative estimate of drug-likeness (QED) is 0.796. The van der Waals surface area contributed by atoms with Crippen LogP contribution < -0.4 is 0 Å². The number of carboxylic acids is 1. The van der Waals surface area contributed by atoms with Gasteiger partial charge in [0, 0.05) is 31.7 Å². The molecule has 1 heterocycles. The number of carboxylic acid groups (broad SMARTS) is 1. The van der Waals surface area contributed by atoms with Crippen LogP contribution in [0.25, 0.3) is 0 Å². The molecule has 0 spiro atoms. The minimum Gasteiger partial charge on any atom is -0.481 e. The molecule has 1 N–H and O–H groups in total. The summed E-state index contributed by atoms with van der Waals surface area (Å²) in [4.78, 5) is 12.9. The molecule has 0 radical (unpaired) electrons. The van der Waals surface area contributed by atoms with Gasteiger partial charge in [0.15, 0.2) is 0 Å². The summed E-state index contributed by atoms with van der Waals surface area (Å²) in [6.07, 6.45) is 3.22. The largest absolute Gasteiger partial charge is 0.481 e. The van der Waals surface area contributed by atoms with E-state index in [-0.39, 0.29) is 17.9 Å². The number of sulfonamides is 1. The maximum atomic E-state index is 11.7. The third kappa shape index (κ3) is 6.32. The molecule has 0 aromatic carbocycles. The Morgan fingerprint density at radius 3 is 2.48 bits per heavy atom. The van der Waals surface area contributed by atoms with Gasteiger partial charge in [-0.3, -0.25) is 9.69 Å². The molecule has 1 aliphatic heterocycles. The third-order valence-corrected chi connectivity index (χ3v) is 5.24. The Balaban J connectivity index is 2.67. The Kier molecular flexibility index (Phi) is 6.19. The van der Waals surface area contributed by atoms with Crippen molar-refractivity contribution in [1.29, 1.82) is 0 Å². The van der Waals surface area contributed by atoms with Gasteiger partial charge in [0.1, 0.15) is 0 Å². The summed E-state index contributed by atoms with van der Waals surface area (Å²) in [5, 5.41) is 8.87. The van der Waals surface area contributed by atoms with Gasteiger partial charge in [0.05, 0.1) is 12.7 Å². The second-order valence-electron chi connectivity index (χ2n) is 6.89. The summed E-state index contributed by atoms with van der Waals surface area (Å²) in [5.74, 6) is -0.535. The van der Waals surface area contributed by atoms with Gasteiger partial charge >= 0.3 is 5.97 Å². The number of carbonyl (C=O) groups is 1. The molecule has 0 saturated carbocycles. The monoisotopic (exact) mass is 320 g/mol. The number of piperidine rings is 1. The van der Waals surface area contributed by atoms with Crippen LogP contribution in [-0.2, 0) is 14.8 Å². The molecular formula is C14H28N2O4S. The summed E-state index contributed by atoms with van der Waals surface area (Å²) >= 11 is 0. The van der Waals surface area contributed by atoms with E-state index >= 15 is 0 Å². The zero-order valence-electron chi connectivity index (χ0n) is 13.5.